The quantitative estimate of drug-likeness (QED) is 0.395. The lowest BCUT2D eigenvalue weighted by molar-refractivity contribution is 0.466. The fraction of sp³-hybridized carbons (Fsp3) is 0.105. The Bertz CT molecular complexity index is 1200. The average Bonchev–Trinajstić information content (AvgIpc) is 3.46. The topological polar surface area (TPSA) is 80.7 Å². The van der Waals surface area contributed by atoms with E-state index in [0.29, 0.717) is 22.8 Å². The molecule has 0 fully saturated rings. The summed E-state index contributed by atoms with van der Waals surface area (Å²) in [6.45, 7) is 1.92. The number of aromatic amines is 1. The summed E-state index contributed by atoms with van der Waals surface area (Å²) < 4.78 is 11.6. The third-order valence-corrected chi connectivity index (χ3v) is 5.87. The third kappa shape index (κ3) is 3.07. The largest absolute Gasteiger partial charge is 0.440 e. The highest BCUT2D eigenvalue weighted by atomic mass is 32.2. The van der Waals surface area contributed by atoms with Crippen molar-refractivity contribution < 1.29 is 8.83 Å². The Morgan fingerprint density at radius 3 is 2.89 bits per heavy atom. The number of benzene rings is 1. The molecule has 0 spiro atoms. The van der Waals surface area contributed by atoms with Crippen LogP contribution in [-0.2, 0) is 5.75 Å². The molecule has 0 aliphatic carbocycles. The highest BCUT2D eigenvalue weighted by Gasteiger charge is 2.16. The van der Waals surface area contributed by atoms with Crippen LogP contribution in [0.1, 0.15) is 11.5 Å². The van der Waals surface area contributed by atoms with Gasteiger partial charge in [0, 0.05) is 22.9 Å². The van der Waals surface area contributed by atoms with Crippen LogP contribution in [0.3, 0.4) is 0 Å². The number of hydrogen-bond acceptors (Lipinski definition) is 7. The Morgan fingerprint density at radius 2 is 2.00 bits per heavy atom. The molecule has 5 aromatic rings. The van der Waals surface area contributed by atoms with Crippen molar-refractivity contribution in [1.29, 1.82) is 0 Å². The minimum Gasteiger partial charge on any atom is -0.440 e. The zero-order chi connectivity index (χ0) is 18.2. The number of aryl methyl sites for hydroxylation is 1. The molecule has 0 aliphatic rings. The first-order valence-corrected chi connectivity index (χ1v) is 10.2. The van der Waals surface area contributed by atoms with Crippen LogP contribution in [0.15, 0.2) is 62.0 Å². The van der Waals surface area contributed by atoms with Crippen molar-refractivity contribution in [3.8, 4) is 22.2 Å². The van der Waals surface area contributed by atoms with Gasteiger partial charge in [0.2, 0.25) is 5.89 Å². The molecule has 6 nitrogen and oxygen atoms in total. The van der Waals surface area contributed by atoms with Crippen LogP contribution < -0.4 is 0 Å². The van der Waals surface area contributed by atoms with Gasteiger partial charge in [0.25, 0.3) is 11.1 Å². The van der Waals surface area contributed by atoms with Gasteiger partial charge in [-0.1, -0.05) is 36.0 Å². The zero-order valence-electron chi connectivity index (χ0n) is 14.3. The summed E-state index contributed by atoms with van der Waals surface area (Å²) >= 11 is 3.06. The number of fused-ring (bicyclic) bond motifs is 1. The predicted octanol–water partition coefficient (Wildman–Crippen LogP) is 5.54. The van der Waals surface area contributed by atoms with Crippen molar-refractivity contribution in [2.75, 3.05) is 0 Å². The van der Waals surface area contributed by atoms with E-state index in [0.717, 1.165) is 32.8 Å². The molecular formula is C19H14N4O2S2. The third-order valence-electron chi connectivity index (χ3n) is 4.18. The molecular weight excluding hydrogens is 380 g/mol. The molecule has 0 amide bonds. The van der Waals surface area contributed by atoms with Crippen molar-refractivity contribution in [2.24, 2.45) is 0 Å². The second kappa shape index (κ2) is 6.71. The first-order chi connectivity index (χ1) is 13.3. The van der Waals surface area contributed by atoms with E-state index in [9.17, 15) is 0 Å². The molecule has 0 saturated carbocycles. The van der Waals surface area contributed by atoms with Gasteiger partial charge in [-0.25, -0.2) is 4.98 Å². The molecule has 0 aliphatic heterocycles. The van der Waals surface area contributed by atoms with Gasteiger partial charge in [-0.2, -0.15) is 0 Å². The van der Waals surface area contributed by atoms with E-state index >= 15 is 0 Å². The van der Waals surface area contributed by atoms with Crippen LogP contribution >= 0.6 is 23.1 Å². The lowest BCUT2D eigenvalue weighted by Gasteiger charge is -1.94. The van der Waals surface area contributed by atoms with Crippen LogP contribution in [0.2, 0.25) is 0 Å². The van der Waals surface area contributed by atoms with Crippen LogP contribution in [0.4, 0.5) is 0 Å². The Kier molecular flexibility index (Phi) is 4.06. The number of oxazole rings is 1. The molecule has 0 atom stereocenters. The maximum absolute atomic E-state index is 5.84. The van der Waals surface area contributed by atoms with E-state index in [1.807, 2.05) is 54.9 Å². The van der Waals surface area contributed by atoms with Crippen LogP contribution in [0.25, 0.3) is 33.1 Å². The molecule has 4 heterocycles. The van der Waals surface area contributed by atoms with Gasteiger partial charge in [0.15, 0.2) is 0 Å². The molecule has 8 heteroatoms. The maximum atomic E-state index is 5.84. The Hall–Kier alpha value is -2.84. The predicted molar refractivity (Wildman–Crippen MR) is 106 cm³/mol. The number of hydrogen-bond donors (Lipinski definition) is 1. The highest BCUT2D eigenvalue weighted by molar-refractivity contribution is 7.98. The maximum Gasteiger partial charge on any atom is 0.277 e. The van der Waals surface area contributed by atoms with E-state index in [1.165, 1.54) is 11.8 Å². The molecule has 5 rings (SSSR count). The minimum absolute atomic E-state index is 0.506. The molecule has 0 unspecified atom stereocenters. The number of thioether (sulfide) groups is 1. The Balaban J connectivity index is 1.34. The van der Waals surface area contributed by atoms with E-state index in [1.54, 1.807) is 11.3 Å². The van der Waals surface area contributed by atoms with E-state index in [2.05, 4.69) is 20.2 Å². The van der Waals surface area contributed by atoms with E-state index < -0.39 is 0 Å². The lowest BCUT2D eigenvalue weighted by Crippen LogP contribution is -1.84. The van der Waals surface area contributed by atoms with Crippen molar-refractivity contribution in [2.45, 2.75) is 17.9 Å². The number of nitrogens with zero attached hydrogens (tertiary/aromatic N) is 3. The van der Waals surface area contributed by atoms with Crippen LogP contribution in [0.5, 0.6) is 0 Å². The second-order valence-corrected chi connectivity index (χ2v) is 7.78. The summed E-state index contributed by atoms with van der Waals surface area (Å²) in [7, 11) is 0. The van der Waals surface area contributed by atoms with Gasteiger partial charge in [-0.15, -0.1) is 21.5 Å². The van der Waals surface area contributed by atoms with Gasteiger partial charge in [-0.05, 0) is 24.4 Å². The number of nitrogens with one attached hydrogen (secondary N) is 1. The molecule has 1 N–H and O–H groups in total. The van der Waals surface area contributed by atoms with Crippen molar-refractivity contribution >= 4 is 34.0 Å². The van der Waals surface area contributed by atoms with Crippen molar-refractivity contribution in [3.63, 3.8) is 0 Å². The summed E-state index contributed by atoms with van der Waals surface area (Å²) in [5.74, 6) is 2.58. The normalized spacial score (nSPS) is 11.4. The van der Waals surface area contributed by atoms with Gasteiger partial charge in [0.05, 0.1) is 16.1 Å². The van der Waals surface area contributed by atoms with Gasteiger partial charge < -0.3 is 13.8 Å². The lowest BCUT2D eigenvalue weighted by atomic mass is 10.2. The van der Waals surface area contributed by atoms with Crippen LogP contribution in [0, 0.1) is 6.92 Å². The fourth-order valence-corrected chi connectivity index (χ4v) is 4.24. The SMILES string of the molecule is Cc1oc(-c2cccs2)nc1CSc1nnc(-c2c[nH]c3ccccc23)o1. The monoisotopic (exact) mass is 394 g/mol. The Morgan fingerprint density at radius 1 is 1.07 bits per heavy atom. The van der Waals surface area contributed by atoms with Crippen molar-refractivity contribution in [1.82, 2.24) is 20.2 Å². The first kappa shape index (κ1) is 16.3. The standard InChI is InChI=1S/C19H14N4O2S2/c1-11-15(21-18(24-11)16-7-4-8-26-16)10-27-19-23-22-17(25-19)13-9-20-14-6-3-2-5-12(13)14/h2-9,20H,10H2,1H3. The van der Waals surface area contributed by atoms with Gasteiger partial charge in [0.1, 0.15) is 5.76 Å². The zero-order valence-corrected chi connectivity index (χ0v) is 15.9. The van der Waals surface area contributed by atoms with E-state index in [-0.39, 0.29) is 0 Å². The number of thiophene rings is 1. The summed E-state index contributed by atoms with van der Waals surface area (Å²) in [6, 6.07) is 12.0. The van der Waals surface area contributed by atoms with Gasteiger partial charge >= 0.3 is 0 Å². The molecule has 4 aromatic heterocycles. The number of rotatable bonds is 5. The first-order valence-electron chi connectivity index (χ1n) is 8.31. The summed E-state index contributed by atoms with van der Waals surface area (Å²) in [6.07, 6.45) is 1.89. The highest BCUT2D eigenvalue weighted by Crippen LogP contribution is 2.32. The smallest absolute Gasteiger partial charge is 0.277 e. The molecule has 0 saturated heterocycles. The van der Waals surface area contributed by atoms with Crippen molar-refractivity contribution in [3.05, 3.63) is 59.4 Å². The number of para-hydroxylation sites is 1. The Labute approximate surface area is 162 Å². The molecule has 0 bridgehead atoms. The number of aromatic nitrogens is 4. The van der Waals surface area contributed by atoms with E-state index in [4.69, 9.17) is 8.83 Å². The fourth-order valence-electron chi connectivity index (χ4n) is 2.82. The average molecular weight is 394 g/mol. The number of H-pyrrole nitrogens is 1. The molecule has 27 heavy (non-hydrogen) atoms. The van der Waals surface area contributed by atoms with Gasteiger partial charge in [-0.3, -0.25) is 0 Å². The summed E-state index contributed by atoms with van der Waals surface area (Å²) in [5.41, 5.74) is 2.83. The molecule has 134 valence electrons. The van der Waals surface area contributed by atoms with Crippen LogP contribution in [-0.4, -0.2) is 20.2 Å². The molecule has 0 radical (unpaired) electrons. The molecule has 1 aromatic carbocycles. The summed E-state index contributed by atoms with van der Waals surface area (Å²) in [5, 5.41) is 11.9. The summed E-state index contributed by atoms with van der Waals surface area (Å²) in [4.78, 5) is 8.84. The minimum atomic E-state index is 0.506. The second-order valence-electron chi connectivity index (χ2n) is 5.91.